The van der Waals surface area contributed by atoms with Gasteiger partial charge in [-0.25, -0.2) is 0 Å². The van der Waals surface area contributed by atoms with Crippen molar-refractivity contribution in [1.82, 2.24) is 0 Å². The van der Waals surface area contributed by atoms with Crippen LogP contribution in [-0.4, -0.2) is 17.5 Å². The minimum absolute atomic E-state index is 0.0748. The summed E-state index contributed by atoms with van der Waals surface area (Å²) in [5.41, 5.74) is 5.45. The van der Waals surface area contributed by atoms with Crippen molar-refractivity contribution in [2.45, 2.75) is 31.7 Å². The SMILES string of the molecule is CCOc1cc(C2Nc3ccccc3NC3=C2C(=O)CC(c2ccc(Cl)cc2)C3)ccc1O. The van der Waals surface area contributed by atoms with Gasteiger partial charge in [-0.05, 0) is 66.8 Å². The quantitative estimate of drug-likeness (QED) is 0.419. The predicted octanol–water partition coefficient (Wildman–Crippen LogP) is 6.42. The Hall–Kier alpha value is -3.44. The summed E-state index contributed by atoms with van der Waals surface area (Å²) in [5.74, 6) is 0.664. The number of halogens is 1. The first-order chi connectivity index (χ1) is 16.0. The Labute approximate surface area is 198 Å². The highest BCUT2D eigenvalue weighted by Gasteiger charge is 2.36. The normalized spacial score (nSPS) is 19.6. The van der Waals surface area contributed by atoms with E-state index in [2.05, 4.69) is 10.6 Å². The number of nitrogens with one attached hydrogen (secondary N) is 2. The molecule has 2 atom stereocenters. The number of anilines is 2. The molecule has 5 nitrogen and oxygen atoms in total. The third-order valence-electron chi connectivity index (χ3n) is 6.27. The van der Waals surface area contributed by atoms with E-state index in [1.165, 1.54) is 0 Å². The van der Waals surface area contributed by atoms with Gasteiger partial charge < -0.3 is 20.5 Å². The molecule has 168 valence electrons. The Morgan fingerprint density at radius 2 is 1.73 bits per heavy atom. The number of carbonyl (C=O) groups excluding carboxylic acids is 1. The molecule has 5 rings (SSSR count). The van der Waals surface area contributed by atoms with Crippen LogP contribution in [0.2, 0.25) is 5.02 Å². The maximum Gasteiger partial charge on any atom is 0.163 e. The summed E-state index contributed by atoms with van der Waals surface area (Å²) in [5, 5.41) is 18.0. The second-order valence-corrected chi connectivity index (χ2v) is 8.82. The van der Waals surface area contributed by atoms with Gasteiger partial charge in [0.25, 0.3) is 0 Å². The summed E-state index contributed by atoms with van der Waals surface area (Å²) in [6, 6.07) is 20.6. The van der Waals surface area contributed by atoms with Crippen LogP contribution in [0.3, 0.4) is 0 Å². The average molecular weight is 461 g/mol. The second-order valence-electron chi connectivity index (χ2n) is 8.38. The fourth-order valence-corrected chi connectivity index (χ4v) is 4.82. The summed E-state index contributed by atoms with van der Waals surface area (Å²) in [6.45, 7) is 2.31. The molecule has 6 heteroatoms. The van der Waals surface area contributed by atoms with Gasteiger partial charge in [-0.3, -0.25) is 4.79 Å². The number of rotatable bonds is 4. The number of allylic oxidation sites excluding steroid dienone is 1. The van der Waals surface area contributed by atoms with Gasteiger partial charge in [-0.15, -0.1) is 0 Å². The molecule has 0 spiro atoms. The van der Waals surface area contributed by atoms with Gasteiger partial charge in [-0.1, -0.05) is 41.9 Å². The van der Waals surface area contributed by atoms with Crippen LogP contribution in [0, 0.1) is 0 Å². The molecule has 0 amide bonds. The molecule has 0 saturated carbocycles. The van der Waals surface area contributed by atoms with Gasteiger partial charge in [0.15, 0.2) is 17.3 Å². The fourth-order valence-electron chi connectivity index (χ4n) is 4.69. The number of phenolic OH excluding ortho intramolecular Hbond substituents is 1. The molecule has 3 aromatic rings. The topological polar surface area (TPSA) is 70.6 Å². The maximum absolute atomic E-state index is 13.6. The molecular weight excluding hydrogens is 436 g/mol. The monoisotopic (exact) mass is 460 g/mol. The molecule has 2 unspecified atom stereocenters. The molecule has 1 heterocycles. The molecule has 0 radical (unpaired) electrons. The van der Waals surface area contributed by atoms with Gasteiger partial charge >= 0.3 is 0 Å². The zero-order valence-electron chi connectivity index (χ0n) is 18.3. The number of Topliss-reactive ketones (excluding diaryl/α,β-unsaturated/α-hetero) is 1. The highest BCUT2D eigenvalue weighted by Crippen LogP contribution is 2.45. The molecule has 0 bridgehead atoms. The largest absolute Gasteiger partial charge is 0.504 e. The number of ether oxygens (including phenoxy) is 1. The fraction of sp³-hybridized carbons (Fsp3) is 0.222. The summed E-state index contributed by atoms with van der Waals surface area (Å²) in [7, 11) is 0. The Morgan fingerprint density at radius 1 is 1.00 bits per heavy atom. The van der Waals surface area contributed by atoms with Gasteiger partial charge in [0.2, 0.25) is 0 Å². The van der Waals surface area contributed by atoms with Crippen LogP contribution < -0.4 is 15.4 Å². The summed E-state index contributed by atoms with van der Waals surface area (Å²) >= 11 is 6.08. The van der Waals surface area contributed by atoms with Crippen LogP contribution >= 0.6 is 11.6 Å². The molecule has 0 aromatic heterocycles. The van der Waals surface area contributed by atoms with Crippen molar-refractivity contribution in [3.05, 3.63) is 94.1 Å². The van der Waals surface area contributed by atoms with Gasteiger partial charge in [0, 0.05) is 22.7 Å². The van der Waals surface area contributed by atoms with Crippen LogP contribution in [0.5, 0.6) is 11.5 Å². The molecule has 0 fully saturated rings. The molecule has 0 saturated heterocycles. The van der Waals surface area contributed by atoms with E-state index in [4.69, 9.17) is 16.3 Å². The van der Waals surface area contributed by atoms with E-state index in [1.54, 1.807) is 6.07 Å². The number of aromatic hydroxyl groups is 1. The third-order valence-corrected chi connectivity index (χ3v) is 6.52. The van der Waals surface area contributed by atoms with Crippen LogP contribution in [0.25, 0.3) is 0 Å². The Kier molecular flexibility index (Phi) is 5.73. The van der Waals surface area contributed by atoms with Crippen molar-refractivity contribution in [1.29, 1.82) is 0 Å². The van der Waals surface area contributed by atoms with E-state index in [1.807, 2.05) is 67.6 Å². The van der Waals surface area contributed by atoms with Crippen LogP contribution in [0.1, 0.15) is 42.9 Å². The van der Waals surface area contributed by atoms with Crippen molar-refractivity contribution in [2.75, 3.05) is 17.2 Å². The summed E-state index contributed by atoms with van der Waals surface area (Å²) in [4.78, 5) is 13.6. The Bertz CT molecular complexity index is 1240. The molecular formula is C27H25ClN2O3. The van der Waals surface area contributed by atoms with Crippen molar-refractivity contribution in [3.63, 3.8) is 0 Å². The zero-order valence-corrected chi connectivity index (χ0v) is 19.0. The summed E-state index contributed by atoms with van der Waals surface area (Å²) < 4.78 is 5.61. The third kappa shape index (κ3) is 4.16. The molecule has 33 heavy (non-hydrogen) atoms. The molecule has 3 aromatic carbocycles. The van der Waals surface area contributed by atoms with E-state index in [9.17, 15) is 9.90 Å². The number of benzene rings is 3. The molecule has 2 aliphatic rings. The van der Waals surface area contributed by atoms with Gasteiger partial charge in [-0.2, -0.15) is 0 Å². The van der Waals surface area contributed by atoms with E-state index >= 15 is 0 Å². The molecule has 1 aliphatic heterocycles. The number of hydrogen-bond acceptors (Lipinski definition) is 5. The van der Waals surface area contributed by atoms with Crippen LogP contribution in [-0.2, 0) is 4.79 Å². The highest BCUT2D eigenvalue weighted by molar-refractivity contribution is 6.30. The lowest BCUT2D eigenvalue weighted by molar-refractivity contribution is -0.116. The van der Waals surface area contributed by atoms with E-state index in [-0.39, 0.29) is 23.5 Å². The lowest BCUT2D eigenvalue weighted by Crippen LogP contribution is -2.26. The highest BCUT2D eigenvalue weighted by atomic mass is 35.5. The first-order valence-electron chi connectivity index (χ1n) is 11.1. The van der Waals surface area contributed by atoms with Crippen molar-refractivity contribution < 1.29 is 14.6 Å². The van der Waals surface area contributed by atoms with Gasteiger partial charge in [0.05, 0.1) is 24.0 Å². The smallest absolute Gasteiger partial charge is 0.163 e. The number of phenols is 1. The number of carbonyl (C=O) groups is 1. The van der Waals surface area contributed by atoms with Crippen LogP contribution in [0.4, 0.5) is 11.4 Å². The van der Waals surface area contributed by atoms with E-state index in [0.717, 1.165) is 33.8 Å². The van der Waals surface area contributed by atoms with Crippen molar-refractivity contribution in [3.8, 4) is 11.5 Å². The number of hydrogen-bond donors (Lipinski definition) is 3. The summed E-state index contributed by atoms with van der Waals surface area (Å²) in [6.07, 6.45) is 1.14. The number of para-hydroxylation sites is 2. The molecule has 3 N–H and O–H groups in total. The van der Waals surface area contributed by atoms with Crippen molar-refractivity contribution in [2.24, 2.45) is 0 Å². The lowest BCUT2D eigenvalue weighted by Gasteiger charge is -2.30. The minimum Gasteiger partial charge on any atom is -0.504 e. The van der Waals surface area contributed by atoms with E-state index < -0.39 is 0 Å². The first-order valence-corrected chi connectivity index (χ1v) is 11.5. The Morgan fingerprint density at radius 3 is 2.48 bits per heavy atom. The lowest BCUT2D eigenvalue weighted by atomic mass is 9.78. The van der Waals surface area contributed by atoms with E-state index in [0.29, 0.717) is 30.2 Å². The number of ketones is 1. The second kappa shape index (κ2) is 8.83. The first kappa shape index (κ1) is 21.4. The standard InChI is InChI=1S/C27H25ClN2O3/c1-2-33-25-15-17(9-12-23(25)31)27-26-22(29-20-5-3-4-6-21(20)30-27)13-18(14-24(26)32)16-7-10-19(28)11-8-16/h3-12,15,18,27,29-31H,2,13-14H2,1H3. The molecule has 1 aliphatic carbocycles. The van der Waals surface area contributed by atoms with Crippen molar-refractivity contribution >= 4 is 28.8 Å². The van der Waals surface area contributed by atoms with Crippen LogP contribution in [0.15, 0.2) is 78.0 Å². The minimum atomic E-state index is -0.366. The average Bonchev–Trinajstić information content (AvgIpc) is 2.98. The zero-order chi connectivity index (χ0) is 22.9. The van der Waals surface area contributed by atoms with Gasteiger partial charge in [0.1, 0.15) is 0 Å². The number of fused-ring (bicyclic) bond motifs is 1. The Balaban J connectivity index is 1.60. The predicted molar refractivity (Wildman–Crippen MR) is 131 cm³/mol. The maximum atomic E-state index is 13.6.